The molecular formula is C16H25N3O. The molecule has 1 fully saturated rings. The predicted molar refractivity (Wildman–Crippen MR) is 81.2 cm³/mol. The van der Waals surface area contributed by atoms with Gasteiger partial charge in [-0.1, -0.05) is 43.2 Å². The van der Waals surface area contributed by atoms with Gasteiger partial charge in [-0.05, 0) is 25.5 Å². The summed E-state index contributed by atoms with van der Waals surface area (Å²) < 4.78 is 0. The average Bonchev–Trinajstić information content (AvgIpc) is 2.96. The number of carbonyl (C=O) groups excluding carboxylic acids is 1. The second-order valence-electron chi connectivity index (χ2n) is 5.75. The molecule has 0 spiro atoms. The largest absolute Gasteiger partial charge is 0.351 e. The normalized spacial score (nSPS) is 17.4. The lowest BCUT2D eigenvalue weighted by Gasteiger charge is -2.37. The number of carbonyl (C=O) groups is 1. The molecule has 1 aromatic carbocycles. The van der Waals surface area contributed by atoms with Gasteiger partial charge >= 0.3 is 0 Å². The second-order valence-corrected chi connectivity index (χ2v) is 5.75. The van der Waals surface area contributed by atoms with Gasteiger partial charge in [0.1, 0.15) is 0 Å². The van der Waals surface area contributed by atoms with E-state index in [0.717, 1.165) is 18.4 Å². The summed E-state index contributed by atoms with van der Waals surface area (Å²) in [6, 6.07) is 9.97. The number of amides is 1. The van der Waals surface area contributed by atoms with E-state index in [-0.39, 0.29) is 11.4 Å². The molecule has 0 atom stereocenters. The lowest BCUT2D eigenvalue weighted by Crippen LogP contribution is -2.53. The summed E-state index contributed by atoms with van der Waals surface area (Å²) in [4.78, 5) is 14.2. The van der Waals surface area contributed by atoms with Crippen LogP contribution < -0.4 is 11.1 Å². The molecule has 4 nitrogen and oxygen atoms in total. The molecular weight excluding hydrogens is 250 g/mol. The maximum Gasteiger partial charge on any atom is 0.234 e. The van der Waals surface area contributed by atoms with Crippen molar-refractivity contribution in [2.24, 2.45) is 5.73 Å². The third kappa shape index (κ3) is 3.58. The Morgan fingerprint density at radius 2 is 1.95 bits per heavy atom. The van der Waals surface area contributed by atoms with E-state index < -0.39 is 0 Å². The minimum Gasteiger partial charge on any atom is -0.351 e. The van der Waals surface area contributed by atoms with Crippen LogP contribution in [0.2, 0.25) is 0 Å². The molecule has 20 heavy (non-hydrogen) atoms. The van der Waals surface area contributed by atoms with E-state index in [0.29, 0.717) is 19.6 Å². The molecule has 1 aromatic rings. The summed E-state index contributed by atoms with van der Waals surface area (Å²) in [5.41, 5.74) is 7.09. The van der Waals surface area contributed by atoms with Crippen molar-refractivity contribution >= 4 is 5.91 Å². The zero-order valence-electron chi connectivity index (χ0n) is 12.3. The van der Waals surface area contributed by atoms with E-state index in [2.05, 4.69) is 10.2 Å². The number of nitrogens with zero attached hydrogens (tertiary/aromatic N) is 1. The number of hydrogen-bond donors (Lipinski definition) is 2. The van der Waals surface area contributed by atoms with E-state index in [1.807, 2.05) is 37.4 Å². The van der Waals surface area contributed by atoms with Crippen molar-refractivity contribution in [2.75, 3.05) is 20.1 Å². The first-order valence-electron chi connectivity index (χ1n) is 7.38. The summed E-state index contributed by atoms with van der Waals surface area (Å²) in [5, 5.41) is 2.97. The molecule has 0 bridgehead atoms. The van der Waals surface area contributed by atoms with Gasteiger partial charge in [0.2, 0.25) is 5.91 Å². The number of hydrogen-bond acceptors (Lipinski definition) is 3. The number of benzene rings is 1. The minimum atomic E-state index is 0.0318. The van der Waals surface area contributed by atoms with Gasteiger partial charge in [0, 0.05) is 18.6 Å². The summed E-state index contributed by atoms with van der Waals surface area (Å²) in [6.07, 6.45) is 4.64. The molecule has 0 heterocycles. The molecule has 1 saturated carbocycles. The fourth-order valence-corrected chi connectivity index (χ4v) is 3.01. The fourth-order valence-electron chi connectivity index (χ4n) is 3.01. The van der Waals surface area contributed by atoms with Gasteiger partial charge in [0.25, 0.3) is 0 Å². The van der Waals surface area contributed by atoms with Crippen LogP contribution in [0, 0.1) is 0 Å². The number of nitrogens with one attached hydrogen (secondary N) is 1. The molecule has 0 aliphatic heterocycles. The zero-order chi connectivity index (χ0) is 14.4. The molecule has 4 heteroatoms. The fraction of sp³-hybridized carbons (Fsp3) is 0.562. The van der Waals surface area contributed by atoms with Crippen LogP contribution in [-0.2, 0) is 11.3 Å². The van der Waals surface area contributed by atoms with Crippen LogP contribution in [0.3, 0.4) is 0 Å². The molecule has 1 aliphatic carbocycles. The second kappa shape index (κ2) is 6.86. The zero-order valence-corrected chi connectivity index (χ0v) is 12.3. The Bertz CT molecular complexity index is 427. The Morgan fingerprint density at radius 1 is 1.30 bits per heavy atom. The van der Waals surface area contributed by atoms with Crippen LogP contribution >= 0.6 is 0 Å². The highest BCUT2D eigenvalue weighted by atomic mass is 16.2. The summed E-state index contributed by atoms with van der Waals surface area (Å²) in [5.74, 6) is 0.0658. The summed E-state index contributed by atoms with van der Waals surface area (Å²) in [7, 11) is 2.01. The topological polar surface area (TPSA) is 58.4 Å². The third-order valence-electron chi connectivity index (χ3n) is 4.44. The first kappa shape index (κ1) is 15.0. The summed E-state index contributed by atoms with van der Waals surface area (Å²) >= 11 is 0. The van der Waals surface area contributed by atoms with E-state index in [1.54, 1.807) is 0 Å². The monoisotopic (exact) mass is 275 g/mol. The summed E-state index contributed by atoms with van der Waals surface area (Å²) in [6.45, 7) is 1.64. The van der Waals surface area contributed by atoms with E-state index in [1.165, 1.54) is 12.8 Å². The highest BCUT2D eigenvalue weighted by molar-refractivity contribution is 5.78. The number of nitrogens with two attached hydrogens (primary N) is 1. The van der Waals surface area contributed by atoms with Crippen LogP contribution in [0.1, 0.15) is 31.2 Å². The van der Waals surface area contributed by atoms with Crippen LogP contribution in [0.25, 0.3) is 0 Å². The van der Waals surface area contributed by atoms with Gasteiger partial charge in [-0.3, -0.25) is 9.69 Å². The molecule has 110 valence electrons. The predicted octanol–water partition coefficient (Wildman–Crippen LogP) is 1.51. The Morgan fingerprint density at radius 3 is 2.55 bits per heavy atom. The molecule has 2 rings (SSSR count). The van der Waals surface area contributed by atoms with Crippen LogP contribution in [-0.4, -0.2) is 36.5 Å². The Hall–Kier alpha value is -1.39. The van der Waals surface area contributed by atoms with Crippen LogP contribution in [0.4, 0.5) is 0 Å². The van der Waals surface area contributed by atoms with E-state index >= 15 is 0 Å². The van der Waals surface area contributed by atoms with Crippen LogP contribution in [0.5, 0.6) is 0 Å². The first-order valence-corrected chi connectivity index (χ1v) is 7.38. The highest BCUT2D eigenvalue weighted by Crippen LogP contribution is 2.33. The van der Waals surface area contributed by atoms with Crippen LogP contribution in [0.15, 0.2) is 30.3 Å². The third-order valence-corrected chi connectivity index (χ3v) is 4.44. The van der Waals surface area contributed by atoms with E-state index in [4.69, 9.17) is 5.73 Å². The molecule has 0 radical (unpaired) electrons. The van der Waals surface area contributed by atoms with Crippen molar-refractivity contribution < 1.29 is 4.79 Å². The highest BCUT2D eigenvalue weighted by Gasteiger charge is 2.36. The molecule has 1 aliphatic rings. The van der Waals surface area contributed by atoms with Crippen molar-refractivity contribution in [1.29, 1.82) is 0 Å². The lowest BCUT2D eigenvalue weighted by atomic mass is 9.96. The number of rotatable bonds is 6. The Kier molecular flexibility index (Phi) is 5.15. The lowest BCUT2D eigenvalue weighted by molar-refractivity contribution is -0.123. The smallest absolute Gasteiger partial charge is 0.234 e. The van der Waals surface area contributed by atoms with Crippen molar-refractivity contribution in [1.82, 2.24) is 10.2 Å². The molecule has 0 aromatic heterocycles. The quantitative estimate of drug-likeness (QED) is 0.827. The van der Waals surface area contributed by atoms with Gasteiger partial charge in [-0.25, -0.2) is 0 Å². The van der Waals surface area contributed by atoms with E-state index in [9.17, 15) is 4.79 Å². The van der Waals surface area contributed by atoms with Crippen molar-refractivity contribution in [2.45, 2.75) is 37.8 Å². The SMILES string of the molecule is CN(CC(=O)NCc1ccccc1)C1(CN)CCCC1. The van der Waals surface area contributed by atoms with Crippen molar-refractivity contribution in [3.8, 4) is 0 Å². The molecule has 0 unspecified atom stereocenters. The Labute approximate surface area is 121 Å². The standard InChI is InChI=1S/C16H25N3O/c1-19(16(13-17)9-5-6-10-16)12-15(20)18-11-14-7-3-2-4-8-14/h2-4,7-8H,5-6,9-13,17H2,1H3,(H,18,20). The average molecular weight is 275 g/mol. The molecule has 1 amide bonds. The van der Waals surface area contributed by atoms with Crippen molar-refractivity contribution in [3.05, 3.63) is 35.9 Å². The minimum absolute atomic E-state index is 0.0318. The van der Waals surface area contributed by atoms with Gasteiger partial charge in [-0.15, -0.1) is 0 Å². The van der Waals surface area contributed by atoms with Gasteiger partial charge in [0.05, 0.1) is 6.54 Å². The van der Waals surface area contributed by atoms with Crippen molar-refractivity contribution in [3.63, 3.8) is 0 Å². The molecule has 3 N–H and O–H groups in total. The molecule has 0 saturated heterocycles. The number of likely N-dealkylation sites (N-methyl/N-ethyl adjacent to an activating group) is 1. The van der Waals surface area contributed by atoms with Gasteiger partial charge in [0.15, 0.2) is 0 Å². The first-order chi connectivity index (χ1) is 9.66. The van der Waals surface area contributed by atoms with Gasteiger partial charge in [-0.2, -0.15) is 0 Å². The maximum absolute atomic E-state index is 12.0. The van der Waals surface area contributed by atoms with Gasteiger partial charge < -0.3 is 11.1 Å². The Balaban J connectivity index is 1.82. The maximum atomic E-state index is 12.0.